The fourth-order valence-corrected chi connectivity index (χ4v) is 5.25. The van der Waals surface area contributed by atoms with Crippen molar-refractivity contribution in [3.63, 3.8) is 0 Å². The number of rotatable bonds is 7. The summed E-state index contributed by atoms with van der Waals surface area (Å²) in [4.78, 5) is 11.3. The van der Waals surface area contributed by atoms with Crippen LogP contribution < -0.4 is 4.74 Å². The summed E-state index contributed by atoms with van der Waals surface area (Å²) in [5.41, 5.74) is 3.82. The highest BCUT2D eigenvalue weighted by atomic mass is 35.5. The zero-order valence-corrected chi connectivity index (χ0v) is 22.9. The topological polar surface area (TPSA) is 55.8 Å². The molecule has 6 heteroatoms. The molecule has 0 bridgehead atoms. The summed E-state index contributed by atoms with van der Waals surface area (Å²) < 4.78 is 12.6. The van der Waals surface area contributed by atoms with Gasteiger partial charge in [0.05, 0.1) is 17.2 Å². The highest BCUT2D eigenvalue weighted by Gasteiger charge is 2.42. The quantitative estimate of drug-likeness (QED) is 0.375. The highest BCUT2D eigenvalue weighted by molar-refractivity contribution is 6.32. The van der Waals surface area contributed by atoms with Gasteiger partial charge in [0.25, 0.3) is 0 Å². The smallest absolute Gasteiger partial charge is 0.341 e. The lowest BCUT2D eigenvalue weighted by Crippen LogP contribution is -2.39. The van der Waals surface area contributed by atoms with Gasteiger partial charge in [-0.2, -0.15) is 0 Å². The molecular weight excluding hydrogens is 483 g/mol. The number of carboxylic acids is 1. The number of ether oxygens (including phenoxy) is 2. The molecule has 1 aliphatic heterocycles. The Morgan fingerprint density at radius 3 is 2.34 bits per heavy atom. The second-order valence-electron chi connectivity index (χ2n) is 10.9. The van der Waals surface area contributed by atoms with Crippen molar-refractivity contribution in [2.24, 2.45) is 11.8 Å². The molecule has 1 saturated heterocycles. The molecule has 4 atom stereocenters. The lowest BCUT2D eigenvalue weighted by Gasteiger charge is -2.45. The Morgan fingerprint density at radius 1 is 1.20 bits per heavy atom. The van der Waals surface area contributed by atoms with Crippen molar-refractivity contribution in [2.75, 3.05) is 6.61 Å². The molecule has 0 unspecified atom stereocenters. The van der Waals surface area contributed by atoms with Gasteiger partial charge in [-0.1, -0.05) is 82.1 Å². The predicted molar refractivity (Wildman–Crippen MR) is 143 cm³/mol. The Kier molecular flexibility index (Phi) is 8.62. The van der Waals surface area contributed by atoms with Crippen LogP contribution in [0.4, 0.5) is 0 Å². The van der Waals surface area contributed by atoms with Crippen LogP contribution in [0, 0.1) is 11.8 Å². The second kappa shape index (κ2) is 10.9. The van der Waals surface area contributed by atoms with Crippen molar-refractivity contribution in [1.82, 2.24) is 0 Å². The summed E-state index contributed by atoms with van der Waals surface area (Å²) in [6.45, 7) is 16.5. The van der Waals surface area contributed by atoms with Crippen LogP contribution in [0.3, 0.4) is 0 Å². The maximum Gasteiger partial charge on any atom is 0.341 e. The number of hydrogen-bond donors (Lipinski definition) is 1. The van der Waals surface area contributed by atoms with Crippen molar-refractivity contribution in [3.8, 4) is 5.75 Å². The number of aliphatic carboxylic acids is 1. The van der Waals surface area contributed by atoms with E-state index in [1.54, 1.807) is 0 Å². The van der Waals surface area contributed by atoms with Gasteiger partial charge in [-0.05, 0) is 60.1 Å². The number of carbonyl (C=O) groups is 1. The van der Waals surface area contributed by atoms with Crippen molar-refractivity contribution in [1.29, 1.82) is 0 Å². The standard InChI is InChI=1S/C29H36Cl2O4/c1-16(2)21-14-22(18-8-10-20(30)11-9-18)26(17(3)4)35-27(21)23-12-19(29(5,6)7)13-24(31)28(23)34-15-25(32)33/h8-13,17,21-22,26-27H,1,14-15H2,2-7H3,(H,32,33)/t21-,22-,26+,27+/m0/s1. The van der Waals surface area contributed by atoms with E-state index in [1.807, 2.05) is 25.1 Å². The van der Waals surface area contributed by atoms with E-state index in [0.29, 0.717) is 15.8 Å². The highest BCUT2D eigenvalue weighted by Crippen LogP contribution is 2.51. The van der Waals surface area contributed by atoms with Crippen LogP contribution in [0.15, 0.2) is 48.6 Å². The fraction of sp³-hybridized carbons (Fsp3) is 0.483. The molecule has 35 heavy (non-hydrogen) atoms. The van der Waals surface area contributed by atoms with E-state index in [1.165, 1.54) is 5.56 Å². The third kappa shape index (κ3) is 6.41. The number of hydrogen-bond acceptors (Lipinski definition) is 3. The van der Waals surface area contributed by atoms with E-state index in [4.69, 9.17) is 32.7 Å². The van der Waals surface area contributed by atoms with Gasteiger partial charge in [0.2, 0.25) is 0 Å². The summed E-state index contributed by atoms with van der Waals surface area (Å²) in [7, 11) is 0. The van der Waals surface area contributed by atoms with Gasteiger partial charge >= 0.3 is 5.97 Å². The van der Waals surface area contributed by atoms with Crippen molar-refractivity contribution in [3.05, 3.63) is 75.3 Å². The van der Waals surface area contributed by atoms with E-state index in [2.05, 4.69) is 59.4 Å². The molecule has 0 aromatic heterocycles. The Labute approximate surface area is 219 Å². The van der Waals surface area contributed by atoms with Crippen molar-refractivity contribution < 1.29 is 19.4 Å². The Hall–Kier alpha value is -2.01. The fourth-order valence-electron chi connectivity index (χ4n) is 4.84. The monoisotopic (exact) mass is 518 g/mol. The summed E-state index contributed by atoms with van der Waals surface area (Å²) in [6, 6.07) is 11.9. The first-order chi connectivity index (χ1) is 16.3. The van der Waals surface area contributed by atoms with Crippen LogP contribution in [-0.4, -0.2) is 23.8 Å². The zero-order chi connectivity index (χ0) is 26.1. The third-order valence-electron chi connectivity index (χ3n) is 6.75. The van der Waals surface area contributed by atoms with E-state index in [-0.39, 0.29) is 35.4 Å². The van der Waals surface area contributed by atoms with Gasteiger partial charge < -0.3 is 14.6 Å². The summed E-state index contributed by atoms with van der Waals surface area (Å²) >= 11 is 12.9. The maximum atomic E-state index is 11.3. The molecule has 1 heterocycles. The van der Waals surface area contributed by atoms with Gasteiger partial charge in [0.1, 0.15) is 5.75 Å². The van der Waals surface area contributed by atoms with Gasteiger partial charge in [-0.3, -0.25) is 0 Å². The Balaban J connectivity index is 2.14. The second-order valence-corrected chi connectivity index (χ2v) is 11.8. The number of halogens is 2. The maximum absolute atomic E-state index is 11.3. The lowest BCUT2D eigenvalue weighted by atomic mass is 9.72. The van der Waals surface area contributed by atoms with E-state index < -0.39 is 12.6 Å². The SMILES string of the molecule is C=C(C)[C@@H]1C[C@@H](c2ccc(Cl)cc2)[C@@H](C(C)C)O[C@H]1c1cc(C(C)(C)C)cc(Cl)c1OCC(=O)O. The first-order valence-corrected chi connectivity index (χ1v) is 12.8. The molecule has 0 amide bonds. The first kappa shape index (κ1) is 27.6. The minimum atomic E-state index is -1.06. The largest absolute Gasteiger partial charge is 0.480 e. The van der Waals surface area contributed by atoms with Gasteiger partial charge in [0.15, 0.2) is 6.61 Å². The average molecular weight is 520 g/mol. The van der Waals surface area contributed by atoms with Gasteiger partial charge in [-0.25, -0.2) is 4.79 Å². The lowest BCUT2D eigenvalue weighted by molar-refractivity contribution is -0.139. The van der Waals surface area contributed by atoms with Crippen LogP contribution in [0.1, 0.15) is 76.7 Å². The first-order valence-electron chi connectivity index (χ1n) is 12.0. The van der Waals surface area contributed by atoms with Gasteiger partial charge in [0, 0.05) is 22.4 Å². The normalized spacial score (nSPS) is 22.8. The molecule has 0 radical (unpaired) electrons. The van der Waals surface area contributed by atoms with Crippen LogP contribution in [0.2, 0.25) is 10.0 Å². The molecule has 1 N–H and O–H groups in total. The van der Waals surface area contributed by atoms with Crippen LogP contribution in [0.25, 0.3) is 0 Å². The minimum absolute atomic E-state index is 0.0101. The van der Waals surface area contributed by atoms with Crippen LogP contribution >= 0.6 is 23.2 Å². The van der Waals surface area contributed by atoms with E-state index in [9.17, 15) is 9.90 Å². The summed E-state index contributed by atoms with van der Waals surface area (Å²) in [6.07, 6.45) is 0.397. The van der Waals surface area contributed by atoms with Crippen LogP contribution in [-0.2, 0) is 14.9 Å². The molecule has 1 fully saturated rings. The molecule has 190 valence electrons. The van der Waals surface area contributed by atoms with Crippen molar-refractivity contribution in [2.45, 2.75) is 71.5 Å². The average Bonchev–Trinajstić information content (AvgIpc) is 2.76. The van der Waals surface area contributed by atoms with Gasteiger partial charge in [-0.15, -0.1) is 0 Å². The van der Waals surface area contributed by atoms with Crippen LogP contribution in [0.5, 0.6) is 5.75 Å². The Bertz CT molecular complexity index is 1070. The molecule has 0 spiro atoms. The molecule has 2 aromatic carbocycles. The molecule has 1 aliphatic rings. The zero-order valence-electron chi connectivity index (χ0n) is 21.4. The third-order valence-corrected chi connectivity index (χ3v) is 7.28. The molecule has 3 rings (SSSR count). The molecule has 4 nitrogen and oxygen atoms in total. The van der Waals surface area contributed by atoms with E-state index >= 15 is 0 Å². The number of benzene rings is 2. The summed E-state index contributed by atoms with van der Waals surface area (Å²) in [5, 5.41) is 10.4. The molecule has 2 aromatic rings. The number of carboxylic acid groups (broad SMARTS) is 1. The van der Waals surface area contributed by atoms with Crippen molar-refractivity contribution >= 4 is 29.2 Å². The molecule has 0 saturated carbocycles. The molecular formula is C29H36Cl2O4. The molecule has 0 aliphatic carbocycles. The Morgan fingerprint density at radius 2 is 1.83 bits per heavy atom. The predicted octanol–water partition coefficient (Wildman–Crippen LogP) is 8.22. The van der Waals surface area contributed by atoms with E-state index in [0.717, 1.165) is 23.1 Å². The summed E-state index contributed by atoms with van der Waals surface area (Å²) in [5.74, 6) is -0.297. The minimum Gasteiger partial charge on any atom is -0.480 e.